The van der Waals surface area contributed by atoms with Crippen LogP contribution in [0.3, 0.4) is 0 Å². The van der Waals surface area contributed by atoms with Gasteiger partial charge in [0.2, 0.25) is 0 Å². The Bertz CT molecular complexity index is 446. The lowest BCUT2D eigenvalue weighted by atomic mass is 9.88. The molecule has 1 N–H and O–H groups in total. The van der Waals surface area contributed by atoms with Crippen molar-refractivity contribution in [2.24, 2.45) is 17.8 Å². The van der Waals surface area contributed by atoms with Crippen molar-refractivity contribution in [2.75, 3.05) is 25.0 Å². The third-order valence-corrected chi connectivity index (χ3v) is 5.17. The Morgan fingerprint density at radius 3 is 2.95 bits per heavy atom. The van der Waals surface area contributed by atoms with Gasteiger partial charge < -0.3 is 10.2 Å². The maximum atomic E-state index is 4.55. The van der Waals surface area contributed by atoms with Crippen LogP contribution in [0.2, 0.25) is 0 Å². The third-order valence-electron chi connectivity index (χ3n) is 5.17. The van der Waals surface area contributed by atoms with Crippen molar-refractivity contribution in [2.45, 2.75) is 39.2 Å². The van der Waals surface area contributed by atoms with Gasteiger partial charge in [0.05, 0.1) is 0 Å². The summed E-state index contributed by atoms with van der Waals surface area (Å²) in [4.78, 5) is 6.91. The van der Waals surface area contributed by atoms with Gasteiger partial charge in [-0.25, -0.2) is 4.98 Å². The van der Waals surface area contributed by atoms with Crippen molar-refractivity contribution in [1.82, 2.24) is 10.3 Å². The fourth-order valence-electron chi connectivity index (χ4n) is 4.09. The number of aromatic nitrogens is 1. The first-order chi connectivity index (χ1) is 9.76. The Morgan fingerprint density at radius 1 is 1.35 bits per heavy atom. The van der Waals surface area contributed by atoms with Gasteiger partial charge in [0, 0.05) is 26.3 Å². The minimum Gasteiger partial charge on any atom is -0.359 e. The van der Waals surface area contributed by atoms with E-state index in [9.17, 15) is 0 Å². The third kappa shape index (κ3) is 2.98. The minimum atomic E-state index is 0.901. The van der Waals surface area contributed by atoms with Gasteiger partial charge in [-0.05, 0) is 61.3 Å². The van der Waals surface area contributed by atoms with E-state index in [-0.39, 0.29) is 0 Å². The van der Waals surface area contributed by atoms with E-state index in [0.29, 0.717) is 0 Å². The number of hydrogen-bond acceptors (Lipinski definition) is 3. The molecule has 2 aliphatic rings. The highest BCUT2D eigenvalue weighted by Crippen LogP contribution is 2.48. The molecule has 0 aromatic carbocycles. The highest BCUT2D eigenvalue weighted by Gasteiger charge is 2.39. The van der Waals surface area contributed by atoms with Gasteiger partial charge in [-0.2, -0.15) is 0 Å². The van der Waals surface area contributed by atoms with Crippen LogP contribution in [0.5, 0.6) is 0 Å². The van der Waals surface area contributed by atoms with E-state index in [1.807, 2.05) is 6.20 Å². The summed E-state index contributed by atoms with van der Waals surface area (Å²) in [6, 6.07) is 4.34. The molecule has 1 heterocycles. The first-order valence-electron chi connectivity index (χ1n) is 8.13. The van der Waals surface area contributed by atoms with Crippen LogP contribution >= 0.6 is 0 Å². The molecule has 0 amide bonds. The zero-order chi connectivity index (χ0) is 13.9. The topological polar surface area (TPSA) is 28.2 Å². The van der Waals surface area contributed by atoms with E-state index < -0.39 is 0 Å². The van der Waals surface area contributed by atoms with Crippen LogP contribution in [0.4, 0.5) is 5.82 Å². The van der Waals surface area contributed by atoms with Gasteiger partial charge in [-0.15, -0.1) is 0 Å². The Labute approximate surface area is 122 Å². The van der Waals surface area contributed by atoms with Crippen molar-refractivity contribution < 1.29 is 0 Å². The second kappa shape index (κ2) is 6.13. The average molecular weight is 273 g/mol. The Hall–Kier alpha value is -1.09. The van der Waals surface area contributed by atoms with Crippen molar-refractivity contribution in [3.8, 4) is 0 Å². The van der Waals surface area contributed by atoms with Crippen molar-refractivity contribution >= 4 is 5.82 Å². The molecule has 0 spiro atoms. The second-order valence-corrected chi connectivity index (χ2v) is 6.62. The quantitative estimate of drug-likeness (QED) is 0.863. The van der Waals surface area contributed by atoms with Crippen molar-refractivity contribution in [1.29, 1.82) is 0 Å². The molecule has 0 saturated heterocycles. The summed E-state index contributed by atoms with van der Waals surface area (Å²) < 4.78 is 0. The Balaban J connectivity index is 1.60. The fraction of sp³-hybridized carbons (Fsp3) is 0.706. The molecule has 3 nitrogen and oxygen atoms in total. The average Bonchev–Trinajstić information content (AvgIpc) is 3.08. The molecule has 110 valence electrons. The normalized spacial score (nSPS) is 28.0. The standard InChI is InChI=1S/C17H27N3/c1-3-18-11-14-6-7-19-17(10-14)20(2)12-16-9-13-4-5-15(16)8-13/h6-7,10,13,15-16,18H,3-5,8-9,11-12H2,1-2H3. The van der Waals surface area contributed by atoms with Gasteiger partial charge in [0.1, 0.15) is 5.82 Å². The molecule has 2 bridgehead atoms. The molecule has 20 heavy (non-hydrogen) atoms. The predicted octanol–water partition coefficient (Wildman–Crippen LogP) is 3.06. The number of nitrogens with one attached hydrogen (secondary N) is 1. The van der Waals surface area contributed by atoms with Crippen molar-refractivity contribution in [3.63, 3.8) is 0 Å². The number of rotatable bonds is 6. The summed E-state index contributed by atoms with van der Waals surface area (Å²) in [5.74, 6) is 4.06. The highest BCUT2D eigenvalue weighted by atomic mass is 15.2. The fourth-order valence-corrected chi connectivity index (χ4v) is 4.09. The Morgan fingerprint density at radius 2 is 2.25 bits per heavy atom. The number of fused-ring (bicyclic) bond motifs is 2. The van der Waals surface area contributed by atoms with Crippen LogP contribution in [-0.4, -0.2) is 25.1 Å². The zero-order valence-corrected chi connectivity index (χ0v) is 12.8. The molecule has 3 atom stereocenters. The van der Waals surface area contributed by atoms with E-state index in [1.165, 1.54) is 37.8 Å². The lowest BCUT2D eigenvalue weighted by molar-refractivity contribution is 0.337. The number of nitrogens with zero attached hydrogens (tertiary/aromatic N) is 2. The summed E-state index contributed by atoms with van der Waals surface area (Å²) >= 11 is 0. The minimum absolute atomic E-state index is 0.901. The molecule has 0 aliphatic heterocycles. The Kier molecular flexibility index (Phi) is 4.25. The molecular weight excluding hydrogens is 246 g/mol. The summed E-state index contributed by atoms with van der Waals surface area (Å²) in [7, 11) is 2.20. The van der Waals surface area contributed by atoms with Crippen LogP contribution in [-0.2, 0) is 6.54 Å². The highest BCUT2D eigenvalue weighted by molar-refractivity contribution is 5.40. The van der Waals surface area contributed by atoms with Gasteiger partial charge in [-0.3, -0.25) is 0 Å². The van der Waals surface area contributed by atoms with Crippen LogP contribution in [0.1, 0.15) is 38.2 Å². The molecule has 3 rings (SSSR count). The van der Waals surface area contributed by atoms with Gasteiger partial charge in [-0.1, -0.05) is 13.3 Å². The van der Waals surface area contributed by atoms with Crippen LogP contribution < -0.4 is 10.2 Å². The monoisotopic (exact) mass is 273 g/mol. The van der Waals surface area contributed by atoms with Crippen molar-refractivity contribution in [3.05, 3.63) is 23.9 Å². The van der Waals surface area contributed by atoms with E-state index in [4.69, 9.17) is 0 Å². The number of anilines is 1. The number of pyridine rings is 1. The SMILES string of the molecule is CCNCc1ccnc(N(C)CC2CC3CCC2C3)c1. The largest absolute Gasteiger partial charge is 0.359 e. The molecule has 3 unspecified atom stereocenters. The first-order valence-corrected chi connectivity index (χ1v) is 8.13. The zero-order valence-electron chi connectivity index (χ0n) is 12.8. The summed E-state index contributed by atoms with van der Waals surface area (Å²) in [6.45, 7) is 5.27. The molecule has 2 saturated carbocycles. The molecule has 1 aromatic rings. The first kappa shape index (κ1) is 13.9. The second-order valence-electron chi connectivity index (χ2n) is 6.62. The van der Waals surface area contributed by atoms with Gasteiger partial charge in [0.25, 0.3) is 0 Å². The predicted molar refractivity (Wildman–Crippen MR) is 83.8 cm³/mol. The van der Waals surface area contributed by atoms with Gasteiger partial charge >= 0.3 is 0 Å². The van der Waals surface area contributed by atoms with Gasteiger partial charge in [0.15, 0.2) is 0 Å². The number of hydrogen-bond donors (Lipinski definition) is 1. The van der Waals surface area contributed by atoms with E-state index >= 15 is 0 Å². The lowest BCUT2D eigenvalue weighted by Gasteiger charge is -2.28. The van der Waals surface area contributed by atoms with E-state index in [2.05, 4.69) is 41.3 Å². The van der Waals surface area contributed by atoms with Crippen LogP contribution in [0.25, 0.3) is 0 Å². The van der Waals surface area contributed by atoms with Crippen LogP contribution in [0, 0.1) is 17.8 Å². The molecule has 2 fully saturated rings. The summed E-state index contributed by atoms with van der Waals surface area (Å²) in [6.07, 6.45) is 7.84. The molecule has 0 radical (unpaired) electrons. The summed E-state index contributed by atoms with van der Waals surface area (Å²) in [5, 5.41) is 3.38. The molecule has 2 aliphatic carbocycles. The smallest absolute Gasteiger partial charge is 0.128 e. The lowest BCUT2D eigenvalue weighted by Crippen LogP contribution is -2.29. The van der Waals surface area contributed by atoms with Crippen LogP contribution in [0.15, 0.2) is 18.3 Å². The maximum Gasteiger partial charge on any atom is 0.128 e. The van der Waals surface area contributed by atoms with E-state index in [0.717, 1.165) is 36.7 Å². The molecular formula is C17H27N3. The molecule has 1 aromatic heterocycles. The molecule has 3 heteroatoms. The maximum absolute atomic E-state index is 4.55. The van der Waals surface area contributed by atoms with E-state index in [1.54, 1.807) is 0 Å². The summed E-state index contributed by atoms with van der Waals surface area (Å²) in [5.41, 5.74) is 1.33.